The van der Waals surface area contributed by atoms with Crippen LogP contribution in [0.2, 0.25) is 0 Å². The van der Waals surface area contributed by atoms with Crippen LogP contribution in [-0.2, 0) is 25.9 Å². The number of nitrogens with zero attached hydrogens (tertiary/aromatic N) is 3. The maximum atomic E-state index is 11.1. The Bertz CT molecular complexity index is 1440. The molecule has 0 saturated heterocycles. The van der Waals surface area contributed by atoms with Crippen molar-refractivity contribution in [2.75, 3.05) is 5.32 Å². The summed E-state index contributed by atoms with van der Waals surface area (Å²) < 4.78 is 2.19. The molecule has 166 valence electrons. The number of hydrogen-bond donors (Lipinski definition) is 4. The molecule has 0 spiro atoms. The number of imidazole rings is 2. The SMILES string of the molecule is NCc1ccc2[nH]c(Cc3nc4cc(NC(=O)O)ccc4n3CCc3ccccc3)nc2c1. The molecule has 0 aliphatic heterocycles. The lowest BCUT2D eigenvalue weighted by molar-refractivity contribution is 0.210. The van der Waals surface area contributed by atoms with Gasteiger partial charge in [0.25, 0.3) is 0 Å². The van der Waals surface area contributed by atoms with Crippen LogP contribution in [0, 0.1) is 0 Å². The topological polar surface area (TPSA) is 122 Å². The highest BCUT2D eigenvalue weighted by atomic mass is 16.4. The minimum Gasteiger partial charge on any atom is -0.465 e. The number of carbonyl (C=O) groups is 1. The lowest BCUT2D eigenvalue weighted by atomic mass is 10.1. The maximum Gasteiger partial charge on any atom is 0.409 e. The molecule has 5 aromatic rings. The van der Waals surface area contributed by atoms with Gasteiger partial charge in [-0.2, -0.15) is 0 Å². The number of carboxylic acid groups (broad SMARTS) is 1. The van der Waals surface area contributed by atoms with Crippen molar-refractivity contribution in [2.45, 2.75) is 25.9 Å². The predicted molar refractivity (Wildman–Crippen MR) is 128 cm³/mol. The van der Waals surface area contributed by atoms with E-state index in [1.54, 1.807) is 12.1 Å². The Hall–Kier alpha value is -4.17. The van der Waals surface area contributed by atoms with Crippen LogP contribution in [0.1, 0.15) is 22.8 Å². The van der Waals surface area contributed by atoms with Crippen molar-refractivity contribution in [3.63, 3.8) is 0 Å². The second kappa shape index (κ2) is 8.76. The monoisotopic (exact) mass is 440 g/mol. The van der Waals surface area contributed by atoms with Crippen LogP contribution in [0.5, 0.6) is 0 Å². The first-order chi connectivity index (χ1) is 16.1. The molecule has 33 heavy (non-hydrogen) atoms. The molecule has 0 saturated carbocycles. The number of rotatable bonds is 7. The predicted octanol–water partition coefficient (Wildman–Crippen LogP) is 4.29. The van der Waals surface area contributed by atoms with Gasteiger partial charge in [0.15, 0.2) is 0 Å². The zero-order valence-corrected chi connectivity index (χ0v) is 18.0. The van der Waals surface area contributed by atoms with Gasteiger partial charge in [-0.1, -0.05) is 36.4 Å². The molecule has 0 aliphatic rings. The standard InChI is InChI=1S/C25H24N6O2/c26-15-17-6-8-19-20(12-17)29-23(28-19)14-24-30-21-13-18(27-25(32)33)7-9-22(21)31(24)11-10-16-4-2-1-3-5-16/h1-9,12-13,27H,10-11,14-15,26H2,(H,28,29)(H,32,33). The van der Waals surface area contributed by atoms with E-state index in [1.165, 1.54) is 5.56 Å². The summed E-state index contributed by atoms with van der Waals surface area (Å²) >= 11 is 0. The number of fused-ring (bicyclic) bond motifs is 2. The molecule has 8 nitrogen and oxygen atoms in total. The third kappa shape index (κ3) is 4.42. The Morgan fingerprint density at radius 2 is 1.85 bits per heavy atom. The second-order valence-corrected chi connectivity index (χ2v) is 7.96. The summed E-state index contributed by atoms with van der Waals surface area (Å²) in [6.45, 7) is 1.22. The average molecular weight is 441 g/mol. The van der Waals surface area contributed by atoms with Gasteiger partial charge in [0.2, 0.25) is 0 Å². The smallest absolute Gasteiger partial charge is 0.409 e. The number of amides is 1. The summed E-state index contributed by atoms with van der Waals surface area (Å²) in [5.74, 6) is 1.69. The third-order valence-corrected chi connectivity index (χ3v) is 5.70. The molecule has 0 unspecified atom stereocenters. The van der Waals surface area contributed by atoms with Gasteiger partial charge in [-0.3, -0.25) is 5.32 Å². The molecule has 2 aromatic heterocycles. The van der Waals surface area contributed by atoms with Crippen LogP contribution in [-0.4, -0.2) is 30.7 Å². The molecule has 1 amide bonds. The third-order valence-electron chi connectivity index (χ3n) is 5.70. The number of aromatic amines is 1. The Labute approximate surface area is 190 Å². The summed E-state index contributed by atoms with van der Waals surface area (Å²) in [4.78, 5) is 24.0. The summed E-state index contributed by atoms with van der Waals surface area (Å²) in [5, 5.41) is 11.5. The minimum atomic E-state index is -1.10. The first-order valence-electron chi connectivity index (χ1n) is 10.8. The van der Waals surface area contributed by atoms with E-state index >= 15 is 0 Å². The normalized spacial score (nSPS) is 11.3. The minimum absolute atomic E-state index is 0.472. The molecule has 5 N–H and O–H groups in total. The molecular weight excluding hydrogens is 416 g/mol. The number of anilines is 1. The fourth-order valence-corrected chi connectivity index (χ4v) is 4.12. The van der Waals surface area contributed by atoms with E-state index in [0.29, 0.717) is 18.7 Å². The van der Waals surface area contributed by atoms with E-state index in [9.17, 15) is 4.79 Å². The molecule has 0 radical (unpaired) electrons. The highest BCUT2D eigenvalue weighted by Crippen LogP contribution is 2.23. The van der Waals surface area contributed by atoms with Crippen LogP contribution < -0.4 is 11.1 Å². The van der Waals surface area contributed by atoms with Gasteiger partial charge in [0, 0.05) is 18.8 Å². The zero-order valence-electron chi connectivity index (χ0n) is 18.0. The van der Waals surface area contributed by atoms with E-state index in [4.69, 9.17) is 20.8 Å². The number of aryl methyl sites for hydroxylation is 2. The van der Waals surface area contributed by atoms with Gasteiger partial charge in [-0.25, -0.2) is 14.8 Å². The summed E-state index contributed by atoms with van der Waals surface area (Å²) in [6, 6.07) is 21.7. The van der Waals surface area contributed by atoms with Crippen molar-refractivity contribution in [3.05, 3.63) is 89.5 Å². The quantitative estimate of drug-likeness (QED) is 0.301. The number of aromatic nitrogens is 4. The molecule has 8 heteroatoms. The van der Waals surface area contributed by atoms with E-state index in [0.717, 1.165) is 52.2 Å². The Kier molecular flexibility index (Phi) is 5.50. The molecule has 0 atom stereocenters. The molecule has 3 aromatic carbocycles. The largest absolute Gasteiger partial charge is 0.465 e. The summed E-state index contributed by atoms with van der Waals surface area (Å²) in [6.07, 6.45) is 0.281. The van der Waals surface area contributed by atoms with Gasteiger partial charge in [-0.15, -0.1) is 0 Å². The average Bonchev–Trinajstić information content (AvgIpc) is 3.37. The van der Waals surface area contributed by atoms with E-state index in [-0.39, 0.29) is 0 Å². The van der Waals surface area contributed by atoms with Crippen LogP contribution >= 0.6 is 0 Å². The molecule has 0 fully saturated rings. The van der Waals surface area contributed by atoms with Crippen LogP contribution in [0.25, 0.3) is 22.1 Å². The molecule has 0 aliphatic carbocycles. The van der Waals surface area contributed by atoms with Gasteiger partial charge >= 0.3 is 6.09 Å². The molecule has 5 rings (SSSR count). The van der Waals surface area contributed by atoms with Crippen molar-refractivity contribution in [1.82, 2.24) is 19.5 Å². The van der Waals surface area contributed by atoms with Gasteiger partial charge in [0.1, 0.15) is 11.6 Å². The number of H-pyrrole nitrogens is 1. The van der Waals surface area contributed by atoms with Crippen LogP contribution in [0.4, 0.5) is 10.5 Å². The van der Waals surface area contributed by atoms with E-state index < -0.39 is 6.09 Å². The lowest BCUT2D eigenvalue weighted by Crippen LogP contribution is -2.08. The van der Waals surface area contributed by atoms with E-state index in [2.05, 4.69) is 27.0 Å². The molecule has 2 heterocycles. The van der Waals surface area contributed by atoms with E-state index in [1.807, 2.05) is 42.5 Å². The van der Waals surface area contributed by atoms with Crippen LogP contribution in [0.15, 0.2) is 66.7 Å². The Morgan fingerprint density at radius 3 is 2.64 bits per heavy atom. The van der Waals surface area contributed by atoms with Crippen molar-refractivity contribution < 1.29 is 9.90 Å². The number of benzene rings is 3. The summed E-state index contributed by atoms with van der Waals surface area (Å²) in [5.41, 5.74) is 12.1. The summed E-state index contributed by atoms with van der Waals surface area (Å²) in [7, 11) is 0. The maximum absolute atomic E-state index is 11.1. The van der Waals surface area contributed by atoms with Gasteiger partial charge < -0.3 is 20.4 Å². The Balaban J connectivity index is 1.51. The zero-order chi connectivity index (χ0) is 22.8. The number of nitrogens with one attached hydrogen (secondary N) is 2. The lowest BCUT2D eigenvalue weighted by Gasteiger charge is -2.09. The van der Waals surface area contributed by atoms with Crippen molar-refractivity contribution in [3.8, 4) is 0 Å². The fourth-order valence-electron chi connectivity index (χ4n) is 4.12. The van der Waals surface area contributed by atoms with Crippen molar-refractivity contribution >= 4 is 33.8 Å². The number of nitrogens with two attached hydrogens (primary N) is 1. The van der Waals surface area contributed by atoms with Gasteiger partial charge in [0.05, 0.1) is 28.5 Å². The Morgan fingerprint density at radius 1 is 1.00 bits per heavy atom. The number of hydrogen-bond acceptors (Lipinski definition) is 4. The van der Waals surface area contributed by atoms with Crippen molar-refractivity contribution in [1.29, 1.82) is 0 Å². The van der Waals surface area contributed by atoms with Crippen molar-refractivity contribution in [2.24, 2.45) is 5.73 Å². The molecular formula is C25H24N6O2. The highest BCUT2D eigenvalue weighted by Gasteiger charge is 2.15. The first kappa shape index (κ1) is 20.7. The fraction of sp³-hybridized carbons (Fsp3) is 0.160. The molecule has 0 bridgehead atoms. The van der Waals surface area contributed by atoms with Gasteiger partial charge in [-0.05, 0) is 47.9 Å². The second-order valence-electron chi connectivity index (χ2n) is 7.96. The van der Waals surface area contributed by atoms with Crippen LogP contribution in [0.3, 0.4) is 0 Å². The highest BCUT2D eigenvalue weighted by molar-refractivity contribution is 5.88. The first-order valence-corrected chi connectivity index (χ1v) is 10.8.